The van der Waals surface area contributed by atoms with Gasteiger partial charge in [0.05, 0.1) is 10.5 Å². The number of nitro groups is 1. The number of nitro benzene ring substituents is 1. The summed E-state index contributed by atoms with van der Waals surface area (Å²) in [7, 11) is 0. The minimum atomic E-state index is -0.437. The molecule has 0 aliphatic heterocycles. The van der Waals surface area contributed by atoms with E-state index in [2.05, 4.69) is 15.2 Å². The maximum atomic E-state index is 10.7. The predicted octanol–water partition coefficient (Wildman–Crippen LogP) is 1.69. The minimum absolute atomic E-state index is 0.0219. The van der Waals surface area contributed by atoms with E-state index in [0.29, 0.717) is 17.2 Å². The van der Waals surface area contributed by atoms with E-state index in [1.807, 2.05) is 0 Å². The highest BCUT2D eigenvalue weighted by molar-refractivity contribution is 5.67. The molecule has 0 spiro atoms. The summed E-state index contributed by atoms with van der Waals surface area (Å²) in [6.07, 6.45) is 0. The highest BCUT2D eigenvalue weighted by Gasteiger charge is 2.16. The molecule has 2 aromatic rings. The smallest absolute Gasteiger partial charge is 0.259 e. The van der Waals surface area contributed by atoms with Gasteiger partial charge in [-0.05, 0) is 13.0 Å². The lowest BCUT2D eigenvalue weighted by molar-refractivity contribution is -0.384. The molecule has 0 atom stereocenters. The molecule has 6 nitrogen and oxygen atoms in total. The largest absolute Gasteiger partial charge is 0.280 e. The molecule has 2 rings (SSSR count). The van der Waals surface area contributed by atoms with Crippen molar-refractivity contribution in [1.29, 1.82) is 0 Å². The van der Waals surface area contributed by atoms with Crippen molar-refractivity contribution in [3.63, 3.8) is 0 Å². The Hall–Kier alpha value is -2.24. The average molecular weight is 204 g/mol. The summed E-state index contributed by atoms with van der Waals surface area (Å²) >= 11 is 0. The van der Waals surface area contributed by atoms with E-state index in [4.69, 9.17) is 0 Å². The number of hydrogen-bond donors (Lipinski definition) is 1. The van der Waals surface area contributed by atoms with E-state index in [9.17, 15) is 10.1 Å². The van der Waals surface area contributed by atoms with Gasteiger partial charge in [-0.15, -0.1) is 0 Å². The first-order chi connectivity index (χ1) is 7.18. The second-order valence-electron chi connectivity index (χ2n) is 3.01. The van der Waals surface area contributed by atoms with Crippen molar-refractivity contribution >= 4 is 5.69 Å². The maximum Gasteiger partial charge on any atom is 0.280 e. The number of aromatic amines is 1. The third-order valence-corrected chi connectivity index (χ3v) is 1.95. The normalized spacial score (nSPS) is 10.2. The highest BCUT2D eigenvalue weighted by atomic mass is 16.6. The van der Waals surface area contributed by atoms with Gasteiger partial charge in [0, 0.05) is 6.07 Å². The van der Waals surface area contributed by atoms with Crippen LogP contribution in [0.3, 0.4) is 0 Å². The Morgan fingerprint density at radius 1 is 1.40 bits per heavy atom. The molecule has 1 N–H and O–H groups in total. The fourth-order valence-electron chi connectivity index (χ4n) is 1.30. The predicted molar refractivity (Wildman–Crippen MR) is 53.2 cm³/mol. The van der Waals surface area contributed by atoms with Gasteiger partial charge in [-0.25, -0.2) is 4.98 Å². The van der Waals surface area contributed by atoms with Crippen molar-refractivity contribution in [2.75, 3.05) is 0 Å². The van der Waals surface area contributed by atoms with E-state index in [-0.39, 0.29) is 5.69 Å². The van der Waals surface area contributed by atoms with Crippen LogP contribution in [-0.2, 0) is 0 Å². The second kappa shape index (κ2) is 3.49. The Morgan fingerprint density at radius 2 is 2.13 bits per heavy atom. The molecule has 0 fully saturated rings. The molecule has 0 saturated carbocycles. The standard InChI is InChI=1S/C9H8N4O2/c1-6-10-9(12-11-6)7-4-2-3-5-8(7)13(14)15/h2-5H,1H3,(H,10,11,12). The number of hydrogen-bond acceptors (Lipinski definition) is 4. The maximum absolute atomic E-state index is 10.7. The van der Waals surface area contributed by atoms with Crippen LogP contribution in [0.4, 0.5) is 5.69 Å². The highest BCUT2D eigenvalue weighted by Crippen LogP contribution is 2.26. The van der Waals surface area contributed by atoms with Crippen molar-refractivity contribution in [2.24, 2.45) is 0 Å². The molecule has 0 amide bonds. The molecule has 0 unspecified atom stereocenters. The number of benzene rings is 1. The molecule has 0 bridgehead atoms. The number of aromatic nitrogens is 3. The number of rotatable bonds is 2. The van der Waals surface area contributed by atoms with Gasteiger partial charge in [-0.2, -0.15) is 5.10 Å². The van der Waals surface area contributed by atoms with Crippen LogP contribution >= 0.6 is 0 Å². The molecule has 1 aromatic heterocycles. The fourth-order valence-corrected chi connectivity index (χ4v) is 1.30. The molecule has 1 aromatic carbocycles. The SMILES string of the molecule is Cc1n[nH]c(-c2ccccc2[N+](=O)[O-])n1. The lowest BCUT2D eigenvalue weighted by atomic mass is 10.2. The van der Waals surface area contributed by atoms with Crippen LogP contribution in [0.5, 0.6) is 0 Å². The number of nitrogens with zero attached hydrogens (tertiary/aromatic N) is 3. The zero-order chi connectivity index (χ0) is 10.8. The van der Waals surface area contributed by atoms with E-state index in [0.717, 1.165) is 0 Å². The summed E-state index contributed by atoms with van der Waals surface area (Å²) in [6, 6.07) is 6.41. The number of para-hydroxylation sites is 1. The van der Waals surface area contributed by atoms with Crippen LogP contribution in [0.25, 0.3) is 11.4 Å². The van der Waals surface area contributed by atoms with Crippen LogP contribution in [0.2, 0.25) is 0 Å². The number of H-pyrrole nitrogens is 1. The molecule has 15 heavy (non-hydrogen) atoms. The summed E-state index contributed by atoms with van der Waals surface area (Å²) < 4.78 is 0. The first-order valence-corrected chi connectivity index (χ1v) is 4.31. The fraction of sp³-hybridized carbons (Fsp3) is 0.111. The van der Waals surface area contributed by atoms with Crippen molar-refractivity contribution in [3.05, 3.63) is 40.2 Å². The quantitative estimate of drug-likeness (QED) is 0.595. The molecule has 0 aliphatic carbocycles. The zero-order valence-electron chi connectivity index (χ0n) is 7.97. The topological polar surface area (TPSA) is 84.7 Å². The van der Waals surface area contributed by atoms with Gasteiger partial charge >= 0.3 is 0 Å². The van der Waals surface area contributed by atoms with E-state index >= 15 is 0 Å². The van der Waals surface area contributed by atoms with Crippen LogP contribution < -0.4 is 0 Å². The third kappa shape index (κ3) is 1.69. The Labute approximate surface area is 85.1 Å². The summed E-state index contributed by atoms with van der Waals surface area (Å²) in [5.74, 6) is 0.975. The van der Waals surface area contributed by atoms with Gasteiger partial charge in [0.2, 0.25) is 0 Å². The Bertz CT molecular complexity index is 506. The molecular weight excluding hydrogens is 196 g/mol. The minimum Gasteiger partial charge on any atom is -0.259 e. The van der Waals surface area contributed by atoms with Crippen molar-refractivity contribution in [1.82, 2.24) is 15.2 Å². The van der Waals surface area contributed by atoms with Crippen LogP contribution in [0, 0.1) is 17.0 Å². The van der Waals surface area contributed by atoms with Gasteiger partial charge in [0.15, 0.2) is 5.82 Å². The van der Waals surface area contributed by atoms with Crippen LogP contribution in [-0.4, -0.2) is 20.1 Å². The third-order valence-electron chi connectivity index (χ3n) is 1.95. The molecule has 0 radical (unpaired) electrons. The zero-order valence-corrected chi connectivity index (χ0v) is 7.97. The van der Waals surface area contributed by atoms with Crippen LogP contribution in [0.1, 0.15) is 5.82 Å². The number of nitrogens with one attached hydrogen (secondary N) is 1. The van der Waals surface area contributed by atoms with Crippen molar-refractivity contribution in [3.8, 4) is 11.4 Å². The molecule has 1 heterocycles. The lowest BCUT2D eigenvalue weighted by Gasteiger charge is -1.97. The Balaban J connectivity index is 2.57. The monoisotopic (exact) mass is 204 g/mol. The molecule has 76 valence electrons. The Morgan fingerprint density at radius 3 is 2.73 bits per heavy atom. The van der Waals surface area contributed by atoms with Gasteiger partial charge in [0.1, 0.15) is 5.82 Å². The van der Waals surface area contributed by atoms with Crippen molar-refractivity contribution in [2.45, 2.75) is 6.92 Å². The van der Waals surface area contributed by atoms with Crippen molar-refractivity contribution < 1.29 is 4.92 Å². The first-order valence-electron chi connectivity index (χ1n) is 4.31. The summed E-state index contributed by atoms with van der Waals surface area (Å²) in [5, 5.41) is 17.2. The second-order valence-corrected chi connectivity index (χ2v) is 3.01. The molecular formula is C9H8N4O2. The van der Waals surface area contributed by atoms with E-state index in [1.54, 1.807) is 25.1 Å². The van der Waals surface area contributed by atoms with Gasteiger partial charge in [0.25, 0.3) is 5.69 Å². The molecule has 0 aliphatic rings. The lowest BCUT2D eigenvalue weighted by Crippen LogP contribution is -1.92. The van der Waals surface area contributed by atoms with E-state index in [1.165, 1.54) is 6.07 Å². The first kappa shape index (κ1) is 9.32. The van der Waals surface area contributed by atoms with Crippen LogP contribution in [0.15, 0.2) is 24.3 Å². The summed E-state index contributed by atoms with van der Waals surface area (Å²) in [5.41, 5.74) is 0.469. The van der Waals surface area contributed by atoms with E-state index < -0.39 is 4.92 Å². The Kier molecular flexibility index (Phi) is 2.17. The molecule has 0 saturated heterocycles. The average Bonchev–Trinajstić information content (AvgIpc) is 2.65. The molecule has 6 heteroatoms. The van der Waals surface area contributed by atoms with Gasteiger partial charge in [-0.3, -0.25) is 15.2 Å². The van der Waals surface area contributed by atoms with Gasteiger partial charge in [-0.1, -0.05) is 12.1 Å². The summed E-state index contributed by atoms with van der Waals surface area (Å²) in [6.45, 7) is 1.72. The van der Waals surface area contributed by atoms with Gasteiger partial charge < -0.3 is 0 Å². The number of aryl methyl sites for hydroxylation is 1. The summed E-state index contributed by atoms with van der Waals surface area (Å²) in [4.78, 5) is 14.4.